The maximum atomic E-state index is 13.2. The fraction of sp³-hybridized carbons (Fsp3) is 0.250. The Morgan fingerprint density at radius 1 is 0.850 bits per heavy atom. The SMILES string of the molecule is COc1ccc(C(=O)N2CCN(c3nc(Cc4ccc(C)cc4)nc4c3c(C)nn4-c3ccccc3)CC2)cc1. The summed E-state index contributed by atoms with van der Waals surface area (Å²) in [5, 5.41) is 5.84. The molecule has 0 atom stereocenters. The van der Waals surface area contributed by atoms with E-state index in [4.69, 9.17) is 19.8 Å². The number of para-hydroxylation sites is 1. The molecule has 0 saturated carbocycles. The molecule has 1 aliphatic rings. The third-order valence-electron chi connectivity index (χ3n) is 7.42. The number of fused-ring (bicyclic) bond motifs is 1. The van der Waals surface area contributed by atoms with Crippen LogP contribution in [0, 0.1) is 13.8 Å². The molecule has 0 aliphatic carbocycles. The summed E-state index contributed by atoms with van der Waals surface area (Å²) in [6, 6.07) is 25.9. The van der Waals surface area contributed by atoms with Gasteiger partial charge in [0.25, 0.3) is 5.91 Å². The number of piperazine rings is 1. The van der Waals surface area contributed by atoms with Gasteiger partial charge in [0.15, 0.2) is 5.65 Å². The standard InChI is InChI=1S/C32H32N6O2/c1-22-9-11-24(12-10-22)21-28-33-30(29-23(2)35-38(31(29)34-28)26-7-5-4-6-8-26)36-17-19-37(20-18-36)32(39)25-13-15-27(40-3)16-14-25/h4-16H,17-21H2,1-3H3. The van der Waals surface area contributed by atoms with E-state index < -0.39 is 0 Å². The van der Waals surface area contributed by atoms with E-state index >= 15 is 0 Å². The zero-order valence-corrected chi connectivity index (χ0v) is 23.0. The summed E-state index contributed by atoms with van der Waals surface area (Å²) >= 11 is 0. The van der Waals surface area contributed by atoms with Crippen molar-refractivity contribution < 1.29 is 9.53 Å². The minimum absolute atomic E-state index is 0.0308. The zero-order chi connectivity index (χ0) is 27.6. The highest BCUT2D eigenvalue weighted by molar-refractivity contribution is 5.95. The van der Waals surface area contributed by atoms with Gasteiger partial charge in [0.2, 0.25) is 0 Å². The van der Waals surface area contributed by atoms with Crippen LogP contribution >= 0.6 is 0 Å². The molecule has 0 bridgehead atoms. The van der Waals surface area contributed by atoms with Crippen molar-refractivity contribution in [1.29, 1.82) is 0 Å². The van der Waals surface area contributed by atoms with Crippen molar-refractivity contribution in [2.75, 3.05) is 38.2 Å². The van der Waals surface area contributed by atoms with Gasteiger partial charge < -0.3 is 14.5 Å². The molecule has 0 radical (unpaired) electrons. The molecule has 40 heavy (non-hydrogen) atoms. The lowest BCUT2D eigenvalue weighted by atomic mass is 10.1. The van der Waals surface area contributed by atoms with Gasteiger partial charge in [-0.15, -0.1) is 0 Å². The molecule has 1 saturated heterocycles. The summed E-state index contributed by atoms with van der Waals surface area (Å²) in [5.41, 5.74) is 5.69. The van der Waals surface area contributed by atoms with Gasteiger partial charge in [0.1, 0.15) is 17.4 Å². The minimum atomic E-state index is 0.0308. The van der Waals surface area contributed by atoms with Gasteiger partial charge in [-0.1, -0.05) is 48.0 Å². The number of carbonyl (C=O) groups is 1. The van der Waals surface area contributed by atoms with Crippen LogP contribution in [0.1, 0.15) is 33.0 Å². The molecule has 2 aromatic heterocycles. The molecule has 0 spiro atoms. The Bertz CT molecular complexity index is 1640. The average molecular weight is 533 g/mol. The topological polar surface area (TPSA) is 76.4 Å². The van der Waals surface area contributed by atoms with E-state index in [0.29, 0.717) is 38.2 Å². The van der Waals surface area contributed by atoms with Gasteiger partial charge in [0, 0.05) is 38.2 Å². The van der Waals surface area contributed by atoms with E-state index in [-0.39, 0.29) is 5.91 Å². The first-order chi connectivity index (χ1) is 19.5. The average Bonchev–Trinajstić information content (AvgIpc) is 3.34. The van der Waals surface area contributed by atoms with Gasteiger partial charge in [-0.3, -0.25) is 4.79 Å². The maximum Gasteiger partial charge on any atom is 0.253 e. The number of methoxy groups -OCH3 is 1. The van der Waals surface area contributed by atoms with E-state index in [1.165, 1.54) is 5.56 Å². The number of ether oxygens (including phenoxy) is 1. The number of aromatic nitrogens is 4. The van der Waals surface area contributed by atoms with Gasteiger partial charge in [-0.2, -0.15) is 5.10 Å². The Kier molecular flexibility index (Phi) is 6.90. The second-order valence-electron chi connectivity index (χ2n) is 10.2. The van der Waals surface area contributed by atoms with Crippen molar-refractivity contribution in [3.63, 3.8) is 0 Å². The van der Waals surface area contributed by atoms with Crippen molar-refractivity contribution in [3.8, 4) is 11.4 Å². The van der Waals surface area contributed by atoms with Gasteiger partial charge in [-0.25, -0.2) is 14.6 Å². The van der Waals surface area contributed by atoms with Crippen LogP contribution in [0.4, 0.5) is 5.82 Å². The van der Waals surface area contributed by atoms with Crippen LogP contribution in [0.2, 0.25) is 0 Å². The number of aryl methyl sites for hydroxylation is 2. The van der Waals surface area contributed by atoms with Gasteiger partial charge in [0.05, 0.1) is 23.9 Å². The summed E-state index contributed by atoms with van der Waals surface area (Å²) in [7, 11) is 1.62. The van der Waals surface area contributed by atoms with Crippen molar-refractivity contribution >= 4 is 22.8 Å². The molecule has 3 aromatic carbocycles. The smallest absolute Gasteiger partial charge is 0.253 e. The lowest BCUT2D eigenvalue weighted by Gasteiger charge is -2.36. The molecule has 6 rings (SSSR count). The molecule has 202 valence electrons. The number of benzene rings is 3. The fourth-order valence-corrected chi connectivity index (χ4v) is 5.19. The molecule has 8 heteroatoms. The highest BCUT2D eigenvalue weighted by Crippen LogP contribution is 2.30. The summed E-state index contributed by atoms with van der Waals surface area (Å²) < 4.78 is 7.15. The largest absolute Gasteiger partial charge is 0.497 e. The normalized spacial score (nSPS) is 13.6. The van der Waals surface area contributed by atoms with Crippen LogP contribution in [0.15, 0.2) is 78.9 Å². The number of carbonyl (C=O) groups excluding carboxylic acids is 1. The van der Waals surface area contributed by atoms with Crippen LogP contribution in [-0.2, 0) is 6.42 Å². The Hall–Kier alpha value is -4.72. The third kappa shape index (κ3) is 5.00. The van der Waals surface area contributed by atoms with Crippen molar-refractivity contribution in [2.45, 2.75) is 20.3 Å². The Labute approximate surface area is 233 Å². The van der Waals surface area contributed by atoms with E-state index in [1.807, 2.05) is 71.1 Å². The van der Waals surface area contributed by atoms with Crippen LogP contribution in [-0.4, -0.2) is 63.8 Å². The number of nitrogens with zero attached hydrogens (tertiary/aromatic N) is 6. The molecule has 1 amide bonds. The lowest BCUT2D eigenvalue weighted by molar-refractivity contribution is 0.0746. The second-order valence-corrected chi connectivity index (χ2v) is 10.2. The van der Waals surface area contributed by atoms with Crippen LogP contribution in [0.5, 0.6) is 5.75 Å². The predicted molar refractivity (Wildman–Crippen MR) is 156 cm³/mol. The monoisotopic (exact) mass is 532 g/mol. The van der Waals surface area contributed by atoms with Crippen LogP contribution < -0.4 is 9.64 Å². The first kappa shape index (κ1) is 25.6. The predicted octanol–water partition coefficient (Wildman–Crippen LogP) is 4.99. The highest BCUT2D eigenvalue weighted by Gasteiger charge is 2.27. The summed E-state index contributed by atoms with van der Waals surface area (Å²) in [4.78, 5) is 27.5. The summed E-state index contributed by atoms with van der Waals surface area (Å²) in [5.74, 6) is 2.40. The number of hydrogen-bond donors (Lipinski definition) is 0. The van der Waals surface area contributed by atoms with E-state index in [0.717, 1.165) is 45.4 Å². The van der Waals surface area contributed by atoms with E-state index in [1.54, 1.807) is 7.11 Å². The first-order valence-electron chi connectivity index (χ1n) is 13.6. The molecular weight excluding hydrogens is 500 g/mol. The Morgan fingerprint density at radius 2 is 1.55 bits per heavy atom. The van der Waals surface area contributed by atoms with Gasteiger partial charge in [-0.05, 0) is 55.8 Å². The van der Waals surface area contributed by atoms with Crippen LogP contribution in [0.25, 0.3) is 16.7 Å². The van der Waals surface area contributed by atoms with Gasteiger partial charge >= 0.3 is 0 Å². The molecular formula is C32H32N6O2. The third-order valence-corrected chi connectivity index (χ3v) is 7.42. The molecule has 1 fully saturated rings. The van der Waals surface area contributed by atoms with Crippen molar-refractivity contribution in [2.24, 2.45) is 0 Å². The molecule has 0 N–H and O–H groups in total. The maximum absolute atomic E-state index is 13.2. The quantitative estimate of drug-likeness (QED) is 0.307. The fourth-order valence-electron chi connectivity index (χ4n) is 5.19. The Balaban J connectivity index is 1.33. The Morgan fingerprint density at radius 3 is 2.23 bits per heavy atom. The molecule has 1 aliphatic heterocycles. The van der Waals surface area contributed by atoms with Crippen molar-refractivity contribution in [3.05, 3.63) is 107 Å². The minimum Gasteiger partial charge on any atom is -0.497 e. The van der Waals surface area contributed by atoms with E-state index in [2.05, 4.69) is 36.1 Å². The van der Waals surface area contributed by atoms with E-state index in [9.17, 15) is 4.79 Å². The summed E-state index contributed by atoms with van der Waals surface area (Å²) in [6.07, 6.45) is 0.623. The number of hydrogen-bond acceptors (Lipinski definition) is 6. The number of rotatable bonds is 6. The molecule has 0 unspecified atom stereocenters. The lowest BCUT2D eigenvalue weighted by Crippen LogP contribution is -2.49. The highest BCUT2D eigenvalue weighted by atomic mass is 16.5. The molecule has 8 nitrogen and oxygen atoms in total. The number of amides is 1. The summed E-state index contributed by atoms with van der Waals surface area (Å²) in [6.45, 7) is 6.66. The number of anilines is 1. The van der Waals surface area contributed by atoms with Crippen LogP contribution in [0.3, 0.4) is 0 Å². The molecule has 3 heterocycles. The second kappa shape index (κ2) is 10.8. The van der Waals surface area contributed by atoms with Crippen molar-refractivity contribution in [1.82, 2.24) is 24.6 Å². The first-order valence-corrected chi connectivity index (χ1v) is 13.6. The molecule has 5 aromatic rings. The zero-order valence-electron chi connectivity index (χ0n) is 23.0.